The van der Waals surface area contributed by atoms with E-state index in [0.29, 0.717) is 24.0 Å². The van der Waals surface area contributed by atoms with Crippen LogP contribution in [0.5, 0.6) is 0 Å². The molecular formula is C23H26N2O5S. The van der Waals surface area contributed by atoms with Gasteiger partial charge in [-0.15, -0.1) is 0 Å². The maximum Gasteiger partial charge on any atom is 0.290 e. The van der Waals surface area contributed by atoms with Crippen LogP contribution in [0.2, 0.25) is 0 Å². The number of thioether (sulfide) groups is 1. The molecule has 1 saturated heterocycles. The fraction of sp³-hybridized carbons (Fsp3) is 0.435. The van der Waals surface area contributed by atoms with Gasteiger partial charge in [-0.05, 0) is 69.5 Å². The van der Waals surface area contributed by atoms with Gasteiger partial charge >= 0.3 is 0 Å². The number of carbonyl (C=O) groups excluding carboxylic acids is 2. The molecule has 0 spiro atoms. The minimum atomic E-state index is -0.350. The number of carbonyl (C=O) groups is 2. The van der Waals surface area contributed by atoms with Crippen LogP contribution < -0.4 is 5.32 Å². The average molecular weight is 443 g/mol. The van der Waals surface area contributed by atoms with Crippen molar-refractivity contribution in [3.05, 3.63) is 52.3 Å². The molecule has 2 amide bonds. The van der Waals surface area contributed by atoms with E-state index in [1.165, 1.54) is 0 Å². The van der Waals surface area contributed by atoms with E-state index in [1.807, 2.05) is 32.0 Å². The van der Waals surface area contributed by atoms with Gasteiger partial charge in [0.2, 0.25) is 5.89 Å². The van der Waals surface area contributed by atoms with Gasteiger partial charge in [0.15, 0.2) is 0 Å². The van der Waals surface area contributed by atoms with Gasteiger partial charge in [-0.1, -0.05) is 17.7 Å². The highest BCUT2D eigenvalue weighted by atomic mass is 32.2. The highest BCUT2D eigenvalue weighted by Gasteiger charge is 2.26. The van der Waals surface area contributed by atoms with Crippen LogP contribution in [0.4, 0.5) is 4.79 Å². The van der Waals surface area contributed by atoms with Crippen LogP contribution in [0.25, 0.3) is 11.5 Å². The lowest BCUT2D eigenvalue weighted by Gasteiger charge is -2.28. The molecule has 2 fully saturated rings. The van der Waals surface area contributed by atoms with Crippen molar-refractivity contribution in [1.29, 1.82) is 0 Å². The molecule has 2 aliphatic rings. The van der Waals surface area contributed by atoms with E-state index in [9.17, 15) is 9.59 Å². The summed E-state index contributed by atoms with van der Waals surface area (Å²) in [5, 5.41) is 1.90. The fourth-order valence-corrected chi connectivity index (χ4v) is 4.42. The van der Waals surface area contributed by atoms with Crippen molar-refractivity contribution in [2.45, 2.75) is 58.3 Å². The Labute approximate surface area is 185 Å². The Morgan fingerprint density at radius 2 is 2.03 bits per heavy atom. The number of hydrogen-bond donors (Lipinski definition) is 1. The molecule has 1 saturated carbocycles. The summed E-state index contributed by atoms with van der Waals surface area (Å²) < 4.78 is 17.9. The summed E-state index contributed by atoms with van der Waals surface area (Å²) in [5.74, 6) is 1.04. The zero-order valence-electron chi connectivity index (χ0n) is 17.7. The van der Waals surface area contributed by atoms with E-state index < -0.39 is 0 Å². The molecule has 8 heteroatoms. The topological polar surface area (TPSA) is 90.7 Å². The van der Waals surface area contributed by atoms with Crippen LogP contribution in [0, 0.1) is 13.8 Å². The molecule has 2 heterocycles. The Bertz CT molecular complexity index is 1000. The number of hydrogen-bond acceptors (Lipinski definition) is 7. The molecule has 31 heavy (non-hydrogen) atoms. The highest BCUT2D eigenvalue weighted by Crippen LogP contribution is 2.27. The van der Waals surface area contributed by atoms with Crippen molar-refractivity contribution in [1.82, 2.24) is 10.3 Å². The van der Waals surface area contributed by atoms with Crippen LogP contribution in [-0.2, 0) is 20.9 Å². The van der Waals surface area contributed by atoms with Crippen molar-refractivity contribution in [2.24, 2.45) is 0 Å². The second-order valence-electron chi connectivity index (χ2n) is 7.86. The Balaban J connectivity index is 1.28. The first-order valence-electron chi connectivity index (χ1n) is 10.5. The van der Waals surface area contributed by atoms with E-state index in [0.717, 1.165) is 60.0 Å². The lowest BCUT2D eigenvalue weighted by atomic mass is 9.95. The van der Waals surface area contributed by atoms with E-state index in [-0.39, 0.29) is 23.4 Å². The summed E-state index contributed by atoms with van der Waals surface area (Å²) in [6.07, 6.45) is 5.59. The average Bonchev–Trinajstić information content (AvgIpc) is 3.28. The predicted octanol–water partition coefficient (Wildman–Crippen LogP) is 4.67. The third-order valence-electron chi connectivity index (χ3n) is 5.43. The largest absolute Gasteiger partial charge is 0.441 e. The van der Waals surface area contributed by atoms with Crippen LogP contribution >= 0.6 is 11.8 Å². The van der Waals surface area contributed by atoms with E-state index >= 15 is 0 Å². The molecule has 0 bridgehead atoms. The van der Waals surface area contributed by atoms with Crippen LogP contribution in [-0.4, -0.2) is 34.9 Å². The third-order valence-corrected chi connectivity index (χ3v) is 6.29. The molecule has 1 aromatic carbocycles. The number of aromatic nitrogens is 1. The first-order chi connectivity index (χ1) is 15.0. The number of amides is 2. The molecule has 164 valence electrons. The summed E-state index contributed by atoms with van der Waals surface area (Å²) >= 11 is 0.910. The Kier molecular flexibility index (Phi) is 6.89. The van der Waals surface area contributed by atoms with E-state index in [1.54, 1.807) is 6.08 Å². The fourth-order valence-electron chi connectivity index (χ4n) is 3.79. The predicted molar refractivity (Wildman–Crippen MR) is 117 cm³/mol. The number of benzene rings is 1. The van der Waals surface area contributed by atoms with Crippen molar-refractivity contribution in [2.75, 3.05) is 6.61 Å². The first-order valence-corrected chi connectivity index (χ1v) is 11.3. The molecule has 1 aliphatic heterocycles. The zero-order chi connectivity index (χ0) is 21.8. The maximum atomic E-state index is 11.6. The molecular weight excluding hydrogens is 416 g/mol. The standard InChI is InChI=1S/C23H26N2O5S/c1-14-5-3-6-16(11-14)22-24-19(15(2)30-22)13-29-18-8-4-7-17(12-18)28-10-9-20-21(26)25-23(27)31-20/h3,5-6,9,11,17-18H,4,7-8,10,12-13H2,1-2H3,(H,25,26,27)/b20-9-. The Morgan fingerprint density at radius 3 is 2.77 bits per heavy atom. The number of ether oxygens (including phenoxy) is 2. The van der Waals surface area contributed by atoms with E-state index in [2.05, 4.69) is 16.4 Å². The second-order valence-corrected chi connectivity index (χ2v) is 8.87. The summed E-state index contributed by atoms with van der Waals surface area (Å²) in [6.45, 7) is 4.67. The zero-order valence-corrected chi connectivity index (χ0v) is 18.5. The number of rotatable bonds is 7. The summed E-state index contributed by atoms with van der Waals surface area (Å²) in [6, 6.07) is 8.08. The van der Waals surface area contributed by atoms with Crippen molar-refractivity contribution >= 4 is 22.9 Å². The van der Waals surface area contributed by atoms with Gasteiger partial charge in [0.25, 0.3) is 11.1 Å². The number of nitrogens with one attached hydrogen (secondary N) is 1. The lowest BCUT2D eigenvalue weighted by molar-refractivity contribution is -0.115. The molecule has 0 radical (unpaired) electrons. The van der Waals surface area contributed by atoms with Gasteiger partial charge in [0.05, 0.1) is 30.3 Å². The van der Waals surface area contributed by atoms with Gasteiger partial charge in [-0.2, -0.15) is 0 Å². The minimum absolute atomic E-state index is 0.0713. The molecule has 2 aromatic rings. The monoisotopic (exact) mass is 442 g/mol. The molecule has 7 nitrogen and oxygen atoms in total. The highest BCUT2D eigenvalue weighted by molar-refractivity contribution is 8.18. The van der Waals surface area contributed by atoms with Crippen molar-refractivity contribution in [3.63, 3.8) is 0 Å². The van der Waals surface area contributed by atoms with Crippen LogP contribution in [0.1, 0.15) is 42.7 Å². The van der Waals surface area contributed by atoms with Crippen LogP contribution in [0.3, 0.4) is 0 Å². The van der Waals surface area contributed by atoms with Gasteiger partial charge in [-0.3, -0.25) is 14.9 Å². The lowest BCUT2D eigenvalue weighted by Crippen LogP contribution is -2.28. The van der Waals surface area contributed by atoms with Gasteiger partial charge in [-0.25, -0.2) is 4.98 Å². The molecule has 2 atom stereocenters. The normalized spacial score (nSPS) is 22.8. The summed E-state index contributed by atoms with van der Waals surface area (Å²) in [5.41, 5.74) is 2.94. The summed E-state index contributed by atoms with van der Waals surface area (Å²) in [4.78, 5) is 27.8. The van der Waals surface area contributed by atoms with Crippen LogP contribution in [0.15, 0.2) is 39.7 Å². The molecule has 1 N–H and O–H groups in total. The molecule has 1 aromatic heterocycles. The SMILES string of the molecule is Cc1cccc(-c2nc(COC3CCCC(OC/C=C4\SC(=O)NC4=O)C3)c(C)o2)c1. The summed E-state index contributed by atoms with van der Waals surface area (Å²) in [7, 11) is 0. The van der Waals surface area contributed by atoms with Gasteiger partial charge in [0.1, 0.15) is 11.5 Å². The molecule has 2 unspecified atom stereocenters. The third kappa shape index (κ3) is 5.64. The number of imide groups is 1. The maximum absolute atomic E-state index is 11.6. The number of aryl methyl sites for hydroxylation is 2. The van der Waals surface area contributed by atoms with Crippen molar-refractivity contribution in [3.8, 4) is 11.5 Å². The second kappa shape index (κ2) is 9.80. The van der Waals surface area contributed by atoms with Crippen molar-refractivity contribution < 1.29 is 23.5 Å². The Morgan fingerprint density at radius 1 is 1.23 bits per heavy atom. The van der Waals surface area contributed by atoms with Gasteiger partial charge < -0.3 is 13.9 Å². The smallest absolute Gasteiger partial charge is 0.290 e. The number of oxazole rings is 1. The molecule has 4 rings (SSSR count). The minimum Gasteiger partial charge on any atom is -0.441 e. The quantitative estimate of drug-likeness (QED) is 0.623. The van der Waals surface area contributed by atoms with E-state index in [4.69, 9.17) is 13.9 Å². The molecule has 1 aliphatic carbocycles. The first kappa shape index (κ1) is 21.8. The van der Waals surface area contributed by atoms with Gasteiger partial charge in [0, 0.05) is 5.56 Å². The number of nitrogens with zero attached hydrogens (tertiary/aromatic N) is 1. The Hall–Kier alpha value is -2.42.